The van der Waals surface area contributed by atoms with Crippen LogP contribution in [0.4, 0.5) is 5.69 Å². The molecule has 0 saturated carbocycles. The Morgan fingerprint density at radius 2 is 2.29 bits per heavy atom. The highest BCUT2D eigenvalue weighted by atomic mass is 16.2. The Morgan fingerprint density at radius 3 is 2.88 bits per heavy atom. The van der Waals surface area contributed by atoms with Crippen molar-refractivity contribution in [2.24, 2.45) is 5.73 Å². The van der Waals surface area contributed by atoms with E-state index < -0.39 is 0 Å². The van der Waals surface area contributed by atoms with Crippen LogP contribution in [0, 0.1) is 0 Å². The van der Waals surface area contributed by atoms with Crippen molar-refractivity contribution in [3.63, 3.8) is 0 Å². The molecule has 1 aromatic heterocycles. The number of nitrogens with two attached hydrogens (primary N) is 1. The number of carbonyl (C=O) groups excluding carboxylic acids is 1. The first-order valence-corrected chi connectivity index (χ1v) is 5.69. The van der Waals surface area contributed by atoms with Crippen molar-refractivity contribution in [1.29, 1.82) is 0 Å². The number of pyridine rings is 1. The molecule has 17 heavy (non-hydrogen) atoms. The number of rotatable bonds is 5. The van der Waals surface area contributed by atoms with Crippen molar-refractivity contribution in [3.05, 3.63) is 24.0 Å². The molecule has 0 radical (unpaired) electrons. The molecule has 94 valence electrons. The Labute approximate surface area is 102 Å². The lowest BCUT2D eigenvalue weighted by atomic mass is 10.2. The zero-order chi connectivity index (χ0) is 12.8. The Balaban J connectivity index is 2.75. The lowest BCUT2D eigenvalue weighted by Gasteiger charge is -2.15. The van der Waals surface area contributed by atoms with E-state index in [1.54, 1.807) is 26.4 Å². The van der Waals surface area contributed by atoms with Gasteiger partial charge < -0.3 is 16.0 Å². The Hall–Kier alpha value is -1.62. The van der Waals surface area contributed by atoms with Gasteiger partial charge in [0.2, 0.25) is 0 Å². The average Bonchev–Trinajstić information content (AvgIpc) is 2.28. The molecule has 1 heterocycles. The number of hydrogen-bond donors (Lipinski definition) is 2. The lowest BCUT2D eigenvalue weighted by Crippen LogP contribution is -2.23. The highest BCUT2D eigenvalue weighted by molar-refractivity contribution is 5.92. The van der Waals surface area contributed by atoms with Crippen molar-refractivity contribution in [3.8, 4) is 0 Å². The van der Waals surface area contributed by atoms with Crippen molar-refractivity contribution >= 4 is 11.6 Å². The van der Waals surface area contributed by atoms with Crippen LogP contribution < -0.4 is 11.1 Å². The van der Waals surface area contributed by atoms with E-state index >= 15 is 0 Å². The van der Waals surface area contributed by atoms with Gasteiger partial charge in [0.05, 0.1) is 0 Å². The number of carbonyl (C=O) groups is 1. The first-order valence-electron chi connectivity index (χ1n) is 5.69. The fourth-order valence-electron chi connectivity index (χ4n) is 1.47. The van der Waals surface area contributed by atoms with Crippen LogP contribution >= 0.6 is 0 Å². The van der Waals surface area contributed by atoms with E-state index in [1.165, 1.54) is 4.90 Å². The predicted molar refractivity (Wildman–Crippen MR) is 69.0 cm³/mol. The molecule has 0 bridgehead atoms. The van der Waals surface area contributed by atoms with Gasteiger partial charge in [0.15, 0.2) is 0 Å². The molecule has 1 aromatic rings. The molecule has 1 rings (SSSR count). The topological polar surface area (TPSA) is 71.2 Å². The maximum atomic E-state index is 11.7. The third-order valence-corrected chi connectivity index (χ3v) is 2.40. The first-order chi connectivity index (χ1) is 8.04. The van der Waals surface area contributed by atoms with Gasteiger partial charge in [-0.05, 0) is 32.0 Å². The molecule has 5 nitrogen and oxygen atoms in total. The van der Waals surface area contributed by atoms with Crippen molar-refractivity contribution in [2.45, 2.75) is 19.4 Å². The quantitative estimate of drug-likeness (QED) is 0.798. The van der Waals surface area contributed by atoms with Crippen molar-refractivity contribution in [1.82, 2.24) is 9.88 Å². The minimum Gasteiger partial charge on any atom is -0.382 e. The lowest BCUT2D eigenvalue weighted by molar-refractivity contribution is 0.0822. The third-order valence-electron chi connectivity index (χ3n) is 2.40. The fourth-order valence-corrected chi connectivity index (χ4v) is 1.47. The fraction of sp³-hybridized carbons (Fsp3) is 0.500. The molecule has 0 saturated heterocycles. The van der Waals surface area contributed by atoms with Crippen LogP contribution in [0.15, 0.2) is 18.3 Å². The number of hydrogen-bond acceptors (Lipinski definition) is 4. The summed E-state index contributed by atoms with van der Waals surface area (Å²) < 4.78 is 0. The summed E-state index contributed by atoms with van der Waals surface area (Å²) in [6.45, 7) is 2.70. The largest absolute Gasteiger partial charge is 0.382 e. The summed E-state index contributed by atoms with van der Waals surface area (Å²) in [6, 6.07) is 3.89. The molecule has 0 aliphatic rings. The summed E-state index contributed by atoms with van der Waals surface area (Å²) in [5, 5.41) is 3.29. The highest BCUT2D eigenvalue weighted by Crippen LogP contribution is 2.11. The van der Waals surface area contributed by atoms with Gasteiger partial charge >= 0.3 is 0 Å². The SMILES string of the molecule is CC(CCN)Nc1ccnc(C(=O)N(C)C)c1. The highest BCUT2D eigenvalue weighted by Gasteiger charge is 2.10. The molecule has 5 heteroatoms. The molecule has 0 fully saturated rings. The maximum absolute atomic E-state index is 11.7. The van der Waals surface area contributed by atoms with E-state index in [1.807, 2.05) is 6.07 Å². The second-order valence-corrected chi connectivity index (χ2v) is 4.25. The number of aromatic nitrogens is 1. The van der Waals surface area contributed by atoms with Crippen LogP contribution in [-0.2, 0) is 0 Å². The first kappa shape index (κ1) is 13.4. The van der Waals surface area contributed by atoms with Crippen LogP contribution in [0.1, 0.15) is 23.8 Å². The summed E-state index contributed by atoms with van der Waals surface area (Å²) in [7, 11) is 3.42. The summed E-state index contributed by atoms with van der Waals surface area (Å²) >= 11 is 0. The second-order valence-electron chi connectivity index (χ2n) is 4.25. The standard InChI is InChI=1S/C12H20N4O/c1-9(4-6-13)15-10-5-7-14-11(8-10)12(17)16(2)3/h5,7-9H,4,6,13H2,1-3H3,(H,14,15). The molecular weight excluding hydrogens is 216 g/mol. The average molecular weight is 236 g/mol. The van der Waals surface area contributed by atoms with E-state index in [0.717, 1.165) is 12.1 Å². The van der Waals surface area contributed by atoms with E-state index in [-0.39, 0.29) is 11.9 Å². The summed E-state index contributed by atoms with van der Waals surface area (Å²) in [5.41, 5.74) is 6.83. The van der Waals surface area contributed by atoms with E-state index in [2.05, 4.69) is 17.2 Å². The van der Waals surface area contributed by atoms with Crippen LogP contribution in [0.25, 0.3) is 0 Å². The molecule has 1 unspecified atom stereocenters. The molecule has 0 aliphatic carbocycles. The Kier molecular flexibility index (Phi) is 4.90. The van der Waals surface area contributed by atoms with Gasteiger partial charge in [0.25, 0.3) is 5.91 Å². The molecule has 1 amide bonds. The van der Waals surface area contributed by atoms with Gasteiger partial charge in [-0.3, -0.25) is 9.78 Å². The molecule has 3 N–H and O–H groups in total. The van der Waals surface area contributed by atoms with Gasteiger partial charge in [0, 0.05) is 32.0 Å². The summed E-state index contributed by atoms with van der Waals surface area (Å²) in [5.74, 6) is -0.0971. The monoisotopic (exact) mass is 236 g/mol. The number of amides is 1. The van der Waals surface area contributed by atoms with E-state index in [9.17, 15) is 4.79 Å². The van der Waals surface area contributed by atoms with Crippen LogP contribution in [0.3, 0.4) is 0 Å². The number of anilines is 1. The van der Waals surface area contributed by atoms with Crippen LogP contribution in [0.2, 0.25) is 0 Å². The van der Waals surface area contributed by atoms with E-state index in [0.29, 0.717) is 12.2 Å². The molecule has 0 aliphatic heterocycles. The predicted octanol–water partition coefficient (Wildman–Crippen LogP) is 0.933. The smallest absolute Gasteiger partial charge is 0.272 e. The van der Waals surface area contributed by atoms with Gasteiger partial charge in [-0.15, -0.1) is 0 Å². The Morgan fingerprint density at radius 1 is 1.59 bits per heavy atom. The summed E-state index contributed by atoms with van der Waals surface area (Å²) in [4.78, 5) is 17.3. The van der Waals surface area contributed by atoms with Gasteiger partial charge in [-0.25, -0.2) is 0 Å². The van der Waals surface area contributed by atoms with Gasteiger partial charge in [0.1, 0.15) is 5.69 Å². The molecule has 1 atom stereocenters. The molecule has 0 aromatic carbocycles. The van der Waals surface area contributed by atoms with Crippen LogP contribution in [0.5, 0.6) is 0 Å². The summed E-state index contributed by atoms with van der Waals surface area (Å²) in [6.07, 6.45) is 2.52. The van der Waals surface area contributed by atoms with Crippen molar-refractivity contribution < 1.29 is 4.79 Å². The maximum Gasteiger partial charge on any atom is 0.272 e. The zero-order valence-electron chi connectivity index (χ0n) is 10.6. The molecule has 0 spiro atoms. The zero-order valence-corrected chi connectivity index (χ0v) is 10.6. The third kappa shape index (κ3) is 4.03. The van der Waals surface area contributed by atoms with Gasteiger partial charge in [-0.2, -0.15) is 0 Å². The normalized spacial score (nSPS) is 12.0. The minimum absolute atomic E-state index is 0.0971. The molecular formula is C12H20N4O. The van der Waals surface area contributed by atoms with Crippen molar-refractivity contribution in [2.75, 3.05) is 26.0 Å². The minimum atomic E-state index is -0.0971. The second kappa shape index (κ2) is 6.20. The number of nitrogens with zero attached hydrogens (tertiary/aromatic N) is 2. The van der Waals surface area contributed by atoms with E-state index in [4.69, 9.17) is 5.73 Å². The van der Waals surface area contributed by atoms with Gasteiger partial charge in [-0.1, -0.05) is 0 Å². The van der Waals surface area contributed by atoms with Crippen LogP contribution in [-0.4, -0.2) is 42.5 Å². The number of nitrogens with one attached hydrogen (secondary N) is 1. The Bertz CT molecular complexity index is 379.